The van der Waals surface area contributed by atoms with Gasteiger partial charge in [-0.25, -0.2) is 0 Å². The van der Waals surface area contributed by atoms with Crippen LogP contribution in [0.1, 0.15) is 13.8 Å². The number of likely N-dealkylation sites (N-methyl/N-ethyl adjacent to an activating group) is 1. The highest BCUT2D eigenvalue weighted by molar-refractivity contribution is 5.90. The molecule has 110 valence electrons. The fraction of sp³-hybridized carbons (Fsp3) is 0.429. The summed E-state index contributed by atoms with van der Waals surface area (Å²) in [6.07, 6.45) is 0. The molecule has 1 atom stereocenters. The molecular weight excluding hydrogens is 258 g/mol. The summed E-state index contributed by atoms with van der Waals surface area (Å²) in [5.74, 6) is 0.410. The lowest BCUT2D eigenvalue weighted by Crippen LogP contribution is -2.36. The summed E-state index contributed by atoms with van der Waals surface area (Å²) in [4.78, 5) is 24.5. The summed E-state index contributed by atoms with van der Waals surface area (Å²) in [5, 5.41) is 5.78. The van der Waals surface area contributed by atoms with Gasteiger partial charge in [-0.05, 0) is 25.1 Å². The lowest BCUT2D eigenvalue weighted by Gasteiger charge is -2.20. The number of hydrogen-bond acceptors (Lipinski definition) is 4. The first-order chi connectivity index (χ1) is 9.35. The van der Waals surface area contributed by atoms with Gasteiger partial charge in [0.25, 0.3) is 0 Å². The van der Waals surface area contributed by atoms with E-state index in [-0.39, 0.29) is 11.8 Å². The topological polar surface area (TPSA) is 70.7 Å². The molecule has 2 N–H and O–H groups in total. The van der Waals surface area contributed by atoms with Crippen molar-refractivity contribution in [1.82, 2.24) is 4.90 Å². The van der Waals surface area contributed by atoms with Crippen molar-refractivity contribution in [2.75, 3.05) is 31.8 Å². The molecule has 0 aliphatic heterocycles. The Morgan fingerprint density at radius 1 is 1.30 bits per heavy atom. The van der Waals surface area contributed by atoms with Crippen LogP contribution in [0.15, 0.2) is 18.2 Å². The highest BCUT2D eigenvalue weighted by atomic mass is 16.5. The molecule has 0 heterocycles. The number of carbonyl (C=O) groups excluding carboxylic acids is 2. The largest absolute Gasteiger partial charge is 0.495 e. The summed E-state index contributed by atoms with van der Waals surface area (Å²) in [6, 6.07) is 4.82. The van der Waals surface area contributed by atoms with Crippen molar-refractivity contribution < 1.29 is 14.3 Å². The van der Waals surface area contributed by atoms with E-state index in [0.29, 0.717) is 17.1 Å². The van der Waals surface area contributed by atoms with E-state index in [9.17, 15) is 9.59 Å². The van der Waals surface area contributed by atoms with Gasteiger partial charge in [0, 0.05) is 26.7 Å². The maximum absolute atomic E-state index is 11.9. The molecule has 6 heteroatoms. The normalized spacial score (nSPS) is 11.4. The third-order valence-electron chi connectivity index (χ3n) is 2.70. The third-order valence-corrected chi connectivity index (χ3v) is 2.70. The first-order valence-corrected chi connectivity index (χ1v) is 6.28. The average Bonchev–Trinajstić information content (AvgIpc) is 2.37. The van der Waals surface area contributed by atoms with Gasteiger partial charge < -0.3 is 20.3 Å². The Kier molecular flexibility index (Phi) is 5.37. The van der Waals surface area contributed by atoms with Gasteiger partial charge in [-0.3, -0.25) is 9.59 Å². The monoisotopic (exact) mass is 279 g/mol. The Bertz CT molecular complexity index is 500. The highest BCUT2D eigenvalue weighted by Crippen LogP contribution is 2.28. The van der Waals surface area contributed by atoms with Crippen LogP contribution in [-0.2, 0) is 9.59 Å². The number of anilines is 2. The Morgan fingerprint density at radius 3 is 2.45 bits per heavy atom. The minimum absolute atomic E-state index is 0.0445. The van der Waals surface area contributed by atoms with Crippen LogP contribution in [0.3, 0.4) is 0 Å². The molecule has 1 rings (SSSR count). The van der Waals surface area contributed by atoms with Gasteiger partial charge in [-0.2, -0.15) is 0 Å². The molecule has 0 aliphatic rings. The molecule has 0 saturated heterocycles. The zero-order valence-electron chi connectivity index (χ0n) is 12.5. The van der Waals surface area contributed by atoms with E-state index in [1.807, 2.05) is 0 Å². The van der Waals surface area contributed by atoms with Crippen LogP contribution in [0, 0.1) is 0 Å². The molecule has 1 aromatic carbocycles. The average molecular weight is 279 g/mol. The van der Waals surface area contributed by atoms with Crippen LogP contribution in [0.4, 0.5) is 11.4 Å². The summed E-state index contributed by atoms with van der Waals surface area (Å²) in [6.45, 7) is 3.21. The predicted molar refractivity (Wildman–Crippen MR) is 79.1 cm³/mol. The minimum Gasteiger partial charge on any atom is -0.495 e. The molecule has 0 radical (unpaired) electrons. The summed E-state index contributed by atoms with van der Waals surface area (Å²) < 4.78 is 5.25. The van der Waals surface area contributed by atoms with Crippen molar-refractivity contribution >= 4 is 23.2 Å². The first kappa shape index (κ1) is 15.8. The molecule has 6 nitrogen and oxygen atoms in total. The summed E-state index contributed by atoms with van der Waals surface area (Å²) in [7, 11) is 4.95. The van der Waals surface area contributed by atoms with Crippen LogP contribution in [-0.4, -0.2) is 44.0 Å². The van der Waals surface area contributed by atoms with E-state index in [1.165, 1.54) is 11.8 Å². The van der Waals surface area contributed by atoms with Gasteiger partial charge in [0.1, 0.15) is 11.8 Å². The van der Waals surface area contributed by atoms with E-state index >= 15 is 0 Å². The molecule has 1 unspecified atom stereocenters. The zero-order chi connectivity index (χ0) is 15.3. The van der Waals surface area contributed by atoms with Crippen molar-refractivity contribution in [3.8, 4) is 5.75 Å². The molecule has 0 aliphatic carbocycles. The predicted octanol–water partition coefficient (Wildman–Crippen LogP) is 1.54. The highest BCUT2D eigenvalue weighted by Gasteiger charge is 2.16. The number of ether oxygens (including phenoxy) is 1. The van der Waals surface area contributed by atoms with Crippen molar-refractivity contribution in [2.24, 2.45) is 0 Å². The van der Waals surface area contributed by atoms with Crippen molar-refractivity contribution in [3.05, 3.63) is 18.2 Å². The van der Waals surface area contributed by atoms with Gasteiger partial charge >= 0.3 is 0 Å². The van der Waals surface area contributed by atoms with Crippen molar-refractivity contribution in [1.29, 1.82) is 0 Å². The molecule has 0 aromatic heterocycles. The molecule has 0 fully saturated rings. The standard InChI is InChI=1S/C14H21N3O3/c1-9(14(19)17(3)4)15-12-8-11(16-10(2)18)6-7-13(12)20-5/h6-9,15H,1-5H3,(H,16,18). The quantitative estimate of drug-likeness (QED) is 0.857. The zero-order valence-corrected chi connectivity index (χ0v) is 12.5. The van der Waals surface area contributed by atoms with E-state index in [1.54, 1.807) is 46.3 Å². The number of rotatable bonds is 5. The molecule has 2 amide bonds. The third kappa shape index (κ3) is 4.15. The number of methoxy groups -OCH3 is 1. The molecule has 0 bridgehead atoms. The Morgan fingerprint density at radius 2 is 1.95 bits per heavy atom. The second-order valence-electron chi connectivity index (χ2n) is 4.69. The van der Waals surface area contributed by atoms with Crippen LogP contribution in [0.2, 0.25) is 0 Å². The second-order valence-corrected chi connectivity index (χ2v) is 4.69. The molecule has 20 heavy (non-hydrogen) atoms. The maximum Gasteiger partial charge on any atom is 0.244 e. The SMILES string of the molecule is COc1ccc(NC(C)=O)cc1NC(C)C(=O)N(C)C. The number of benzene rings is 1. The van der Waals surface area contributed by atoms with Crippen LogP contribution < -0.4 is 15.4 Å². The summed E-state index contributed by atoms with van der Waals surface area (Å²) in [5.41, 5.74) is 1.30. The van der Waals surface area contributed by atoms with Crippen molar-refractivity contribution in [3.63, 3.8) is 0 Å². The number of carbonyl (C=O) groups is 2. The minimum atomic E-state index is -0.397. The number of nitrogens with zero attached hydrogens (tertiary/aromatic N) is 1. The van der Waals surface area contributed by atoms with Gasteiger partial charge in [0.2, 0.25) is 11.8 Å². The van der Waals surface area contributed by atoms with E-state index in [4.69, 9.17) is 4.74 Å². The van der Waals surface area contributed by atoms with Crippen LogP contribution in [0.5, 0.6) is 5.75 Å². The number of hydrogen-bond donors (Lipinski definition) is 2. The van der Waals surface area contributed by atoms with Gasteiger partial charge in [-0.15, -0.1) is 0 Å². The van der Waals surface area contributed by atoms with Gasteiger partial charge in [-0.1, -0.05) is 0 Å². The van der Waals surface area contributed by atoms with E-state index in [0.717, 1.165) is 0 Å². The molecule has 1 aromatic rings. The number of amides is 2. The Labute approximate surface area is 119 Å². The fourth-order valence-corrected chi connectivity index (χ4v) is 1.78. The van der Waals surface area contributed by atoms with Crippen LogP contribution >= 0.6 is 0 Å². The lowest BCUT2D eigenvalue weighted by molar-refractivity contribution is -0.129. The van der Waals surface area contributed by atoms with Crippen LogP contribution in [0.25, 0.3) is 0 Å². The van der Waals surface area contributed by atoms with Gasteiger partial charge in [0.15, 0.2) is 0 Å². The Balaban J connectivity index is 2.96. The molecular formula is C14H21N3O3. The molecule has 0 saturated carbocycles. The lowest BCUT2D eigenvalue weighted by atomic mass is 10.2. The fourth-order valence-electron chi connectivity index (χ4n) is 1.78. The smallest absolute Gasteiger partial charge is 0.244 e. The second kappa shape index (κ2) is 6.79. The molecule has 0 spiro atoms. The Hall–Kier alpha value is -2.24. The van der Waals surface area contributed by atoms with Crippen molar-refractivity contribution in [2.45, 2.75) is 19.9 Å². The van der Waals surface area contributed by atoms with E-state index < -0.39 is 6.04 Å². The van der Waals surface area contributed by atoms with E-state index in [2.05, 4.69) is 10.6 Å². The maximum atomic E-state index is 11.9. The number of nitrogens with one attached hydrogen (secondary N) is 2. The summed E-state index contributed by atoms with van der Waals surface area (Å²) >= 11 is 0. The van der Waals surface area contributed by atoms with Gasteiger partial charge in [0.05, 0.1) is 12.8 Å². The first-order valence-electron chi connectivity index (χ1n) is 6.28.